The Morgan fingerprint density at radius 1 is 1.13 bits per heavy atom. The minimum Gasteiger partial charge on any atom is -0.495 e. The summed E-state index contributed by atoms with van der Waals surface area (Å²) in [6.07, 6.45) is 1.36. The Bertz CT molecular complexity index is 1190. The van der Waals surface area contributed by atoms with Crippen molar-refractivity contribution < 1.29 is 17.9 Å². The summed E-state index contributed by atoms with van der Waals surface area (Å²) in [5.74, 6) is 0.0418. The molecule has 0 aliphatic rings. The Hall–Kier alpha value is -2.77. The molecule has 0 fully saturated rings. The molecular formula is C23H25ClN2O4S. The van der Waals surface area contributed by atoms with Gasteiger partial charge in [0, 0.05) is 6.54 Å². The van der Waals surface area contributed by atoms with Crippen molar-refractivity contribution in [1.82, 2.24) is 5.32 Å². The molecule has 6 nitrogen and oxygen atoms in total. The molecule has 3 rings (SSSR count). The Balaban J connectivity index is 1.88. The number of benzene rings is 3. The molecule has 1 atom stereocenters. The number of nitrogens with one attached hydrogen (secondary N) is 1. The van der Waals surface area contributed by atoms with Crippen molar-refractivity contribution in [2.24, 2.45) is 0 Å². The van der Waals surface area contributed by atoms with E-state index in [9.17, 15) is 13.2 Å². The molecule has 0 saturated carbocycles. The highest BCUT2D eigenvalue weighted by Gasteiger charge is 2.31. The number of carbonyl (C=O) groups is 1. The highest BCUT2D eigenvalue weighted by Crippen LogP contribution is 2.32. The number of halogens is 1. The maximum Gasteiger partial charge on any atom is 0.244 e. The lowest BCUT2D eigenvalue weighted by Gasteiger charge is -2.30. The molecule has 1 unspecified atom stereocenters. The molecule has 1 N–H and O–H groups in total. The topological polar surface area (TPSA) is 75.7 Å². The van der Waals surface area contributed by atoms with E-state index in [0.717, 1.165) is 26.9 Å². The highest BCUT2D eigenvalue weighted by molar-refractivity contribution is 7.92. The smallest absolute Gasteiger partial charge is 0.244 e. The van der Waals surface area contributed by atoms with Gasteiger partial charge in [-0.05, 0) is 41.0 Å². The molecule has 0 aliphatic carbocycles. The number of anilines is 1. The summed E-state index contributed by atoms with van der Waals surface area (Å²) in [6, 6.07) is 17.5. The average Bonchev–Trinajstić information content (AvgIpc) is 2.74. The van der Waals surface area contributed by atoms with Gasteiger partial charge in [-0.3, -0.25) is 9.10 Å². The van der Waals surface area contributed by atoms with Crippen molar-refractivity contribution in [3.05, 3.63) is 71.2 Å². The molecule has 164 valence electrons. The molecule has 0 aliphatic heterocycles. The lowest BCUT2D eigenvalue weighted by Crippen LogP contribution is -2.49. The van der Waals surface area contributed by atoms with E-state index >= 15 is 0 Å². The average molecular weight is 461 g/mol. The fourth-order valence-electron chi connectivity index (χ4n) is 3.60. The third-order valence-corrected chi connectivity index (χ3v) is 6.53. The molecule has 31 heavy (non-hydrogen) atoms. The Morgan fingerprint density at radius 3 is 2.48 bits per heavy atom. The van der Waals surface area contributed by atoms with Crippen LogP contribution in [0.5, 0.6) is 5.75 Å². The first-order valence-corrected chi connectivity index (χ1v) is 12.1. The summed E-state index contributed by atoms with van der Waals surface area (Å²) >= 11 is 6.20. The van der Waals surface area contributed by atoms with E-state index in [0.29, 0.717) is 11.4 Å². The van der Waals surface area contributed by atoms with Crippen molar-refractivity contribution in [3.63, 3.8) is 0 Å². The largest absolute Gasteiger partial charge is 0.495 e. The Kier molecular flexibility index (Phi) is 7.08. The monoisotopic (exact) mass is 460 g/mol. The van der Waals surface area contributed by atoms with E-state index < -0.39 is 16.1 Å². The number of amides is 1. The first-order chi connectivity index (χ1) is 14.8. The predicted molar refractivity (Wildman–Crippen MR) is 125 cm³/mol. The second kappa shape index (κ2) is 9.58. The third kappa shape index (κ3) is 5.11. The second-order valence-electron chi connectivity index (χ2n) is 7.16. The van der Waals surface area contributed by atoms with Gasteiger partial charge in [0.15, 0.2) is 0 Å². The fourth-order valence-corrected chi connectivity index (χ4v) is 5.05. The number of hydrogen-bond acceptors (Lipinski definition) is 4. The van der Waals surface area contributed by atoms with Gasteiger partial charge in [-0.15, -0.1) is 0 Å². The van der Waals surface area contributed by atoms with Gasteiger partial charge in [-0.25, -0.2) is 8.42 Å². The van der Waals surface area contributed by atoms with E-state index in [-0.39, 0.29) is 23.9 Å². The first-order valence-electron chi connectivity index (χ1n) is 9.83. The summed E-state index contributed by atoms with van der Waals surface area (Å²) in [5, 5.41) is 5.28. The molecule has 1 amide bonds. The molecule has 0 spiro atoms. The van der Waals surface area contributed by atoms with Gasteiger partial charge >= 0.3 is 0 Å². The molecule has 0 saturated heterocycles. The van der Waals surface area contributed by atoms with Crippen LogP contribution in [-0.2, 0) is 21.4 Å². The van der Waals surface area contributed by atoms with Crippen LogP contribution in [0, 0.1) is 0 Å². The normalized spacial score (nSPS) is 12.4. The molecule has 8 heteroatoms. The minimum absolute atomic E-state index is 0.264. The van der Waals surface area contributed by atoms with Gasteiger partial charge in [0.25, 0.3) is 0 Å². The van der Waals surface area contributed by atoms with Crippen molar-refractivity contribution in [2.45, 2.75) is 25.9 Å². The Labute approximate surface area is 187 Å². The van der Waals surface area contributed by atoms with Crippen LogP contribution in [0.25, 0.3) is 10.8 Å². The van der Waals surface area contributed by atoms with Crippen LogP contribution in [-0.4, -0.2) is 33.7 Å². The molecule has 0 heterocycles. The van der Waals surface area contributed by atoms with E-state index in [1.807, 2.05) is 42.5 Å². The number of carbonyl (C=O) groups excluding carboxylic acids is 1. The zero-order valence-corrected chi connectivity index (χ0v) is 19.2. The number of fused-ring (bicyclic) bond motifs is 1. The van der Waals surface area contributed by atoms with E-state index in [1.54, 1.807) is 19.1 Å². The zero-order valence-electron chi connectivity index (χ0n) is 17.6. The number of hydrogen-bond donors (Lipinski definition) is 1. The number of rotatable bonds is 8. The van der Waals surface area contributed by atoms with Crippen molar-refractivity contribution in [2.75, 3.05) is 17.7 Å². The quantitative estimate of drug-likeness (QED) is 0.541. The van der Waals surface area contributed by atoms with Crippen molar-refractivity contribution >= 4 is 44.0 Å². The molecule has 0 radical (unpaired) electrons. The first kappa shape index (κ1) is 22.9. The van der Waals surface area contributed by atoms with Crippen LogP contribution < -0.4 is 14.4 Å². The molecule has 3 aromatic carbocycles. The predicted octanol–water partition coefficient (Wildman–Crippen LogP) is 4.36. The number of sulfonamides is 1. The van der Waals surface area contributed by atoms with Crippen LogP contribution in [0.4, 0.5) is 5.69 Å². The molecule has 0 aromatic heterocycles. The lowest BCUT2D eigenvalue weighted by molar-refractivity contribution is -0.122. The van der Waals surface area contributed by atoms with Gasteiger partial charge in [-0.2, -0.15) is 0 Å². The van der Waals surface area contributed by atoms with Gasteiger partial charge in [0.1, 0.15) is 11.8 Å². The van der Waals surface area contributed by atoms with Gasteiger partial charge in [-0.1, -0.05) is 61.0 Å². The summed E-state index contributed by atoms with van der Waals surface area (Å²) in [6.45, 7) is 2.06. The number of methoxy groups -OCH3 is 1. The minimum atomic E-state index is -3.76. The molecule has 3 aromatic rings. The second-order valence-corrected chi connectivity index (χ2v) is 9.42. The summed E-state index contributed by atoms with van der Waals surface area (Å²) in [7, 11) is -2.28. The van der Waals surface area contributed by atoms with Crippen molar-refractivity contribution in [3.8, 4) is 5.75 Å². The number of ether oxygens (including phenoxy) is 1. The lowest BCUT2D eigenvalue weighted by atomic mass is 10.0. The fraction of sp³-hybridized carbons (Fsp3) is 0.261. The van der Waals surface area contributed by atoms with Crippen LogP contribution in [0.15, 0.2) is 60.7 Å². The maximum atomic E-state index is 13.1. The zero-order chi connectivity index (χ0) is 22.6. The van der Waals surface area contributed by atoms with E-state index in [1.165, 1.54) is 13.2 Å². The van der Waals surface area contributed by atoms with E-state index in [2.05, 4.69) is 5.32 Å². The van der Waals surface area contributed by atoms with Gasteiger partial charge in [0.05, 0.1) is 24.1 Å². The molecular weight excluding hydrogens is 436 g/mol. The Morgan fingerprint density at radius 2 is 1.84 bits per heavy atom. The maximum absolute atomic E-state index is 13.1. The van der Waals surface area contributed by atoms with Crippen LogP contribution in [0.1, 0.15) is 18.9 Å². The van der Waals surface area contributed by atoms with Crippen LogP contribution >= 0.6 is 11.6 Å². The summed E-state index contributed by atoms with van der Waals surface area (Å²) in [5.41, 5.74) is 1.26. The summed E-state index contributed by atoms with van der Waals surface area (Å²) < 4.78 is 31.5. The van der Waals surface area contributed by atoms with Crippen molar-refractivity contribution in [1.29, 1.82) is 0 Å². The van der Waals surface area contributed by atoms with Gasteiger partial charge < -0.3 is 10.1 Å². The van der Waals surface area contributed by atoms with Gasteiger partial charge in [0.2, 0.25) is 15.9 Å². The SMILES string of the molecule is CCC(C(=O)NCc1cccc2ccccc12)N(c1ccc(OC)c(Cl)c1)S(C)(=O)=O. The van der Waals surface area contributed by atoms with Crippen LogP contribution in [0.2, 0.25) is 5.02 Å². The summed E-state index contributed by atoms with van der Waals surface area (Å²) in [4.78, 5) is 13.1. The third-order valence-electron chi connectivity index (χ3n) is 5.05. The van der Waals surface area contributed by atoms with E-state index in [4.69, 9.17) is 16.3 Å². The standard InChI is InChI=1S/C23H25ClN2O4S/c1-4-21(26(31(3,28)29)18-12-13-22(30-2)20(24)14-18)23(27)25-15-17-10-7-9-16-8-5-6-11-19(16)17/h5-14,21H,4,15H2,1-3H3,(H,25,27). The number of nitrogens with zero attached hydrogens (tertiary/aromatic N) is 1. The molecule has 0 bridgehead atoms. The van der Waals surface area contributed by atoms with Crippen LogP contribution in [0.3, 0.4) is 0 Å². The highest BCUT2D eigenvalue weighted by atomic mass is 35.5.